The summed E-state index contributed by atoms with van der Waals surface area (Å²) in [5, 5.41) is 7.60. The Balaban J connectivity index is 1.65. The highest BCUT2D eigenvalue weighted by molar-refractivity contribution is 5.97. The van der Waals surface area contributed by atoms with Gasteiger partial charge < -0.3 is 15.3 Å². The summed E-state index contributed by atoms with van der Waals surface area (Å²) in [4.78, 5) is 13.1. The molecule has 124 valence electrons. The molecule has 0 fully saturated rings. The second-order valence-corrected chi connectivity index (χ2v) is 6.57. The fourth-order valence-electron chi connectivity index (χ4n) is 3.80. The number of fused-ring (bicyclic) bond motifs is 4. The Hall–Kier alpha value is -3.15. The molecule has 25 heavy (non-hydrogen) atoms. The number of hydrogen-bond acceptors (Lipinski definition) is 3. The molecule has 1 atom stereocenters. The molecule has 4 N–H and O–H groups in total. The van der Waals surface area contributed by atoms with Crippen molar-refractivity contribution in [2.75, 3.05) is 0 Å². The lowest BCUT2D eigenvalue weighted by molar-refractivity contribution is 0.478. The van der Waals surface area contributed by atoms with Crippen LogP contribution in [0.1, 0.15) is 36.0 Å². The van der Waals surface area contributed by atoms with Crippen LogP contribution in [0.15, 0.2) is 42.5 Å². The van der Waals surface area contributed by atoms with Crippen molar-refractivity contribution in [2.45, 2.75) is 25.3 Å². The zero-order valence-corrected chi connectivity index (χ0v) is 13.7. The third-order valence-corrected chi connectivity index (χ3v) is 5.01. The monoisotopic (exact) mass is 330 g/mol. The molecule has 0 spiro atoms. The predicted octanol–water partition coefficient (Wildman–Crippen LogP) is 3.12. The molecule has 4 aromatic rings. The van der Waals surface area contributed by atoms with Crippen molar-refractivity contribution in [3.8, 4) is 0 Å². The number of rotatable bonds is 2. The lowest BCUT2D eigenvalue weighted by Crippen LogP contribution is -2.17. The van der Waals surface area contributed by atoms with Crippen molar-refractivity contribution in [3.63, 3.8) is 0 Å². The van der Waals surface area contributed by atoms with Gasteiger partial charge in [-0.05, 0) is 43.2 Å². The normalized spacial score (nSPS) is 17.0. The van der Waals surface area contributed by atoms with E-state index in [0.29, 0.717) is 5.56 Å². The van der Waals surface area contributed by atoms with E-state index in [9.17, 15) is 0 Å². The fourth-order valence-corrected chi connectivity index (χ4v) is 3.80. The number of nitrogens with zero attached hydrogens (tertiary/aromatic N) is 3. The van der Waals surface area contributed by atoms with E-state index in [0.717, 1.165) is 47.6 Å². The van der Waals surface area contributed by atoms with Crippen molar-refractivity contribution in [1.29, 1.82) is 5.41 Å². The number of amidine groups is 1. The standard InChI is InChI=1S/C19H18N6/c20-17(21)11-7-8-13-15(10-11)23-18(22-13)12-4-3-9-25-16-6-2-1-5-14(16)24-19(12)25/h1-2,5-8,10,12H,3-4,9H2,(H3,20,21)(H,22,23). The van der Waals surface area contributed by atoms with Crippen LogP contribution < -0.4 is 5.73 Å². The zero-order chi connectivity index (χ0) is 17.0. The van der Waals surface area contributed by atoms with E-state index in [-0.39, 0.29) is 11.8 Å². The van der Waals surface area contributed by atoms with Gasteiger partial charge >= 0.3 is 0 Å². The molecule has 2 aromatic carbocycles. The van der Waals surface area contributed by atoms with E-state index >= 15 is 0 Å². The summed E-state index contributed by atoms with van der Waals surface area (Å²) in [6.07, 6.45) is 2.14. The molecule has 1 aliphatic heterocycles. The van der Waals surface area contributed by atoms with Gasteiger partial charge in [0.05, 0.1) is 28.0 Å². The van der Waals surface area contributed by atoms with Crippen LogP contribution in [0.25, 0.3) is 22.1 Å². The Morgan fingerprint density at radius 2 is 2.04 bits per heavy atom. The van der Waals surface area contributed by atoms with Gasteiger partial charge in [-0.1, -0.05) is 12.1 Å². The summed E-state index contributed by atoms with van der Waals surface area (Å²) in [6.45, 7) is 1.00. The molecule has 0 radical (unpaired) electrons. The highest BCUT2D eigenvalue weighted by atomic mass is 15.1. The molecule has 0 amide bonds. The van der Waals surface area contributed by atoms with Crippen molar-refractivity contribution >= 4 is 27.9 Å². The van der Waals surface area contributed by atoms with Crippen LogP contribution in [0.4, 0.5) is 0 Å². The van der Waals surface area contributed by atoms with Gasteiger partial charge in [0.15, 0.2) is 0 Å². The first kappa shape index (κ1) is 14.2. The smallest absolute Gasteiger partial charge is 0.122 e. The second-order valence-electron chi connectivity index (χ2n) is 6.57. The number of para-hydroxylation sites is 2. The first-order chi connectivity index (χ1) is 12.2. The average Bonchev–Trinajstić information content (AvgIpc) is 3.21. The van der Waals surface area contributed by atoms with Gasteiger partial charge in [-0.25, -0.2) is 9.97 Å². The van der Waals surface area contributed by atoms with Gasteiger partial charge in [0, 0.05) is 12.1 Å². The minimum atomic E-state index is 0.0671. The van der Waals surface area contributed by atoms with Crippen LogP contribution in [0.2, 0.25) is 0 Å². The van der Waals surface area contributed by atoms with Gasteiger partial charge in [0.1, 0.15) is 17.5 Å². The maximum absolute atomic E-state index is 7.60. The third kappa shape index (κ3) is 2.14. The largest absolute Gasteiger partial charge is 0.384 e. The minimum absolute atomic E-state index is 0.0671. The first-order valence-electron chi connectivity index (χ1n) is 8.50. The van der Waals surface area contributed by atoms with Crippen LogP contribution in [-0.4, -0.2) is 25.4 Å². The lowest BCUT2D eigenvalue weighted by Gasteiger charge is -2.22. The minimum Gasteiger partial charge on any atom is -0.384 e. The van der Waals surface area contributed by atoms with Crippen LogP contribution >= 0.6 is 0 Å². The van der Waals surface area contributed by atoms with Gasteiger partial charge in [0.25, 0.3) is 0 Å². The van der Waals surface area contributed by atoms with Gasteiger partial charge in [-0.15, -0.1) is 0 Å². The van der Waals surface area contributed by atoms with Crippen molar-refractivity contribution < 1.29 is 0 Å². The number of H-pyrrole nitrogens is 1. The summed E-state index contributed by atoms with van der Waals surface area (Å²) in [5.74, 6) is 2.25. The first-order valence-corrected chi connectivity index (χ1v) is 8.50. The number of aromatic nitrogens is 4. The number of aryl methyl sites for hydroxylation is 1. The van der Waals surface area contributed by atoms with Crippen LogP contribution in [0, 0.1) is 5.41 Å². The maximum atomic E-state index is 7.60. The Kier molecular flexibility index (Phi) is 2.94. The highest BCUT2D eigenvalue weighted by Crippen LogP contribution is 2.34. The topological polar surface area (TPSA) is 96.4 Å². The second kappa shape index (κ2) is 5.17. The molecule has 2 aromatic heterocycles. The molecular weight excluding hydrogens is 312 g/mol. The molecule has 0 saturated carbocycles. The quantitative estimate of drug-likeness (QED) is 0.389. The van der Waals surface area contributed by atoms with Crippen LogP contribution in [0.5, 0.6) is 0 Å². The van der Waals surface area contributed by atoms with E-state index in [1.54, 1.807) is 0 Å². The van der Waals surface area contributed by atoms with Gasteiger partial charge in [-0.2, -0.15) is 0 Å². The summed E-state index contributed by atoms with van der Waals surface area (Å²) >= 11 is 0. The number of nitrogens with one attached hydrogen (secondary N) is 2. The summed E-state index contributed by atoms with van der Waals surface area (Å²) in [7, 11) is 0. The molecule has 0 aliphatic carbocycles. The summed E-state index contributed by atoms with van der Waals surface area (Å²) in [6, 6.07) is 13.9. The number of nitrogens with two attached hydrogens (primary N) is 1. The van der Waals surface area contributed by atoms with Crippen LogP contribution in [0.3, 0.4) is 0 Å². The number of imidazole rings is 2. The SMILES string of the molecule is N=C(N)c1ccc2nc(C3CCCn4c3nc3ccccc34)[nH]c2c1. The van der Waals surface area contributed by atoms with E-state index in [1.807, 2.05) is 24.3 Å². The van der Waals surface area contributed by atoms with Crippen molar-refractivity contribution in [2.24, 2.45) is 5.73 Å². The van der Waals surface area contributed by atoms with E-state index < -0.39 is 0 Å². The summed E-state index contributed by atoms with van der Waals surface area (Å²) < 4.78 is 2.32. The van der Waals surface area contributed by atoms with Gasteiger partial charge in [0.2, 0.25) is 0 Å². The van der Waals surface area contributed by atoms with Crippen molar-refractivity contribution in [3.05, 3.63) is 59.7 Å². The van der Waals surface area contributed by atoms with Crippen molar-refractivity contribution in [1.82, 2.24) is 19.5 Å². The Bertz CT molecular complexity index is 1120. The molecule has 6 heteroatoms. The number of nitrogen functional groups attached to an aromatic ring is 1. The van der Waals surface area contributed by atoms with E-state index in [4.69, 9.17) is 21.1 Å². The number of benzene rings is 2. The zero-order valence-electron chi connectivity index (χ0n) is 13.7. The van der Waals surface area contributed by atoms with E-state index in [1.165, 1.54) is 5.52 Å². The highest BCUT2D eigenvalue weighted by Gasteiger charge is 2.28. The molecular formula is C19H18N6. The predicted molar refractivity (Wildman–Crippen MR) is 97.9 cm³/mol. The molecule has 1 aliphatic rings. The van der Waals surface area contributed by atoms with Crippen LogP contribution in [-0.2, 0) is 6.54 Å². The number of hydrogen-bond donors (Lipinski definition) is 3. The number of aromatic amines is 1. The Morgan fingerprint density at radius 1 is 1.16 bits per heavy atom. The van der Waals surface area contributed by atoms with Gasteiger partial charge in [-0.3, -0.25) is 5.41 Å². The maximum Gasteiger partial charge on any atom is 0.122 e. The average molecular weight is 330 g/mol. The Labute approximate surface area is 144 Å². The lowest BCUT2D eigenvalue weighted by atomic mass is 9.98. The molecule has 5 rings (SSSR count). The molecule has 1 unspecified atom stereocenters. The molecule has 6 nitrogen and oxygen atoms in total. The Morgan fingerprint density at radius 3 is 2.92 bits per heavy atom. The fraction of sp³-hybridized carbons (Fsp3) is 0.211. The molecule has 3 heterocycles. The van der Waals surface area contributed by atoms with E-state index in [2.05, 4.69) is 27.8 Å². The molecule has 0 bridgehead atoms. The molecule has 0 saturated heterocycles. The summed E-state index contributed by atoms with van der Waals surface area (Å²) in [5.41, 5.74) is 10.3. The third-order valence-electron chi connectivity index (χ3n) is 5.01.